The zero-order chi connectivity index (χ0) is 22.5. The molecule has 0 radical (unpaired) electrons. The third kappa shape index (κ3) is 6.03. The summed E-state index contributed by atoms with van der Waals surface area (Å²) in [5.74, 6) is 0. The van der Waals surface area contributed by atoms with Gasteiger partial charge in [0.15, 0.2) is 0 Å². The number of carbonyl (C=O) groups excluding carboxylic acids is 1. The molecule has 2 aromatic carbocycles. The van der Waals surface area contributed by atoms with E-state index < -0.39 is 0 Å². The Balaban J connectivity index is 0.00000306. The highest BCUT2D eigenvalue weighted by Gasteiger charge is 2.29. The summed E-state index contributed by atoms with van der Waals surface area (Å²) in [6.45, 7) is 0.480. The van der Waals surface area contributed by atoms with E-state index in [1.54, 1.807) is 23.9 Å². The fourth-order valence-corrected chi connectivity index (χ4v) is 4.25. The molecule has 3 aromatic rings. The standard InChI is InChI=1S/C26H30N4O2.ClH/c1-29-16-15-21(17-25(29)31)20-7-11-23(12-8-20)30(24-13-9-22(27)10-14-24)26(32)28-18-19-5-3-2-4-6-19;/h2-8,11-12,15-17,22,24H,9-10,13-14,18,27H2,1H3,(H,28,32);1H. The number of rotatable bonds is 5. The van der Waals surface area contributed by atoms with E-state index in [-0.39, 0.29) is 36.1 Å². The molecule has 0 atom stereocenters. The van der Waals surface area contributed by atoms with Crippen molar-refractivity contribution >= 4 is 24.1 Å². The van der Waals surface area contributed by atoms with E-state index in [9.17, 15) is 9.59 Å². The van der Waals surface area contributed by atoms with Crippen LogP contribution in [0.1, 0.15) is 31.2 Å². The molecule has 33 heavy (non-hydrogen) atoms. The number of anilines is 1. The minimum absolute atomic E-state index is 0. The highest BCUT2D eigenvalue weighted by atomic mass is 35.5. The molecule has 1 saturated carbocycles. The maximum atomic E-state index is 13.3. The fourth-order valence-electron chi connectivity index (χ4n) is 4.25. The number of halogens is 1. The van der Waals surface area contributed by atoms with Gasteiger partial charge in [-0.05, 0) is 60.6 Å². The number of carbonyl (C=O) groups is 1. The first-order chi connectivity index (χ1) is 15.5. The van der Waals surface area contributed by atoms with Crippen molar-refractivity contribution < 1.29 is 4.79 Å². The molecule has 0 unspecified atom stereocenters. The van der Waals surface area contributed by atoms with E-state index in [0.29, 0.717) is 6.54 Å². The molecule has 0 spiro atoms. The lowest BCUT2D eigenvalue weighted by Gasteiger charge is -2.36. The quantitative estimate of drug-likeness (QED) is 0.582. The Morgan fingerprint density at radius 2 is 1.67 bits per heavy atom. The van der Waals surface area contributed by atoms with Gasteiger partial charge >= 0.3 is 6.03 Å². The van der Waals surface area contributed by atoms with Crippen LogP contribution in [0.4, 0.5) is 10.5 Å². The average Bonchev–Trinajstić information content (AvgIpc) is 2.82. The Labute approximate surface area is 200 Å². The lowest BCUT2D eigenvalue weighted by Crippen LogP contribution is -2.48. The van der Waals surface area contributed by atoms with Gasteiger partial charge in [0.25, 0.3) is 5.56 Å². The Morgan fingerprint density at radius 1 is 1.00 bits per heavy atom. The highest BCUT2D eigenvalue weighted by molar-refractivity contribution is 5.93. The van der Waals surface area contributed by atoms with Gasteiger partial charge in [-0.1, -0.05) is 42.5 Å². The van der Waals surface area contributed by atoms with Gasteiger partial charge in [0.05, 0.1) is 0 Å². The van der Waals surface area contributed by atoms with Crippen LogP contribution in [0.5, 0.6) is 0 Å². The highest BCUT2D eigenvalue weighted by Crippen LogP contribution is 2.29. The van der Waals surface area contributed by atoms with Crippen LogP contribution >= 0.6 is 12.4 Å². The van der Waals surface area contributed by atoms with E-state index in [0.717, 1.165) is 48.1 Å². The number of benzene rings is 2. The molecule has 6 nitrogen and oxygen atoms in total. The molecule has 174 valence electrons. The van der Waals surface area contributed by atoms with Crippen LogP contribution in [0, 0.1) is 0 Å². The maximum absolute atomic E-state index is 13.3. The summed E-state index contributed by atoms with van der Waals surface area (Å²) in [5, 5.41) is 3.08. The molecular formula is C26H31ClN4O2. The predicted molar refractivity (Wildman–Crippen MR) is 136 cm³/mol. The molecule has 1 aliphatic carbocycles. The first-order valence-electron chi connectivity index (χ1n) is 11.1. The van der Waals surface area contributed by atoms with E-state index in [2.05, 4.69) is 5.32 Å². The number of nitrogens with zero attached hydrogens (tertiary/aromatic N) is 2. The lowest BCUT2D eigenvalue weighted by atomic mass is 9.90. The van der Waals surface area contributed by atoms with Crippen molar-refractivity contribution in [1.29, 1.82) is 0 Å². The van der Waals surface area contributed by atoms with Crippen LogP contribution in [0.15, 0.2) is 77.7 Å². The summed E-state index contributed by atoms with van der Waals surface area (Å²) in [6.07, 6.45) is 5.37. The van der Waals surface area contributed by atoms with Gasteiger partial charge in [0.2, 0.25) is 0 Å². The number of amides is 2. The molecule has 1 heterocycles. The minimum atomic E-state index is -0.101. The Morgan fingerprint density at radius 3 is 2.30 bits per heavy atom. The number of hydrogen-bond acceptors (Lipinski definition) is 3. The third-order valence-corrected chi connectivity index (χ3v) is 6.19. The summed E-state index contributed by atoms with van der Waals surface area (Å²) in [7, 11) is 1.73. The van der Waals surface area contributed by atoms with Crippen molar-refractivity contribution in [2.24, 2.45) is 12.8 Å². The van der Waals surface area contributed by atoms with Gasteiger partial charge < -0.3 is 15.6 Å². The number of nitrogens with one attached hydrogen (secondary N) is 1. The van der Waals surface area contributed by atoms with Crippen LogP contribution < -0.4 is 21.5 Å². The summed E-state index contributed by atoms with van der Waals surface area (Å²) < 4.78 is 1.55. The van der Waals surface area contributed by atoms with Crippen LogP contribution in [0.25, 0.3) is 11.1 Å². The van der Waals surface area contributed by atoms with Gasteiger partial charge in [-0.25, -0.2) is 4.79 Å². The first kappa shape index (κ1) is 24.6. The predicted octanol–water partition coefficient (Wildman–Crippen LogP) is 4.46. The normalized spacial score (nSPS) is 17.6. The zero-order valence-electron chi connectivity index (χ0n) is 18.8. The number of urea groups is 1. The molecule has 2 amide bonds. The Hall–Kier alpha value is -3.09. The largest absolute Gasteiger partial charge is 0.334 e. The minimum Gasteiger partial charge on any atom is -0.334 e. The van der Waals surface area contributed by atoms with E-state index in [1.165, 1.54) is 0 Å². The summed E-state index contributed by atoms with van der Waals surface area (Å²) in [5.41, 5.74) is 9.78. The second kappa shape index (κ2) is 11.2. The average molecular weight is 467 g/mol. The molecule has 4 rings (SSSR count). The second-order valence-electron chi connectivity index (χ2n) is 8.49. The van der Waals surface area contributed by atoms with Crippen LogP contribution in [0.3, 0.4) is 0 Å². The van der Waals surface area contributed by atoms with Crippen molar-refractivity contribution in [3.05, 3.63) is 88.8 Å². The molecular weight excluding hydrogens is 436 g/mol. The van der Waals surface area contributed by atoms with Crippen LogP contribution in [-0.2, 0) is 13.6 Å². The number of pyridine rings is 1. The number of aromatic nitrogens is 1. The topological polar surface area (TPSA) is 80.4 Å². The van der Waals surface area contributed by atoms with E-state index in [4.69, 9.17) is 5.73 Å². The van der Waals surface area contributed by atoms with E-state index in [1.807, 2.05) is 65.6 Å². The SMILES string of the molecule is Cl.Cn1ccc(-c2ccc(N(C(=O)NCc3ccccc3)C3CCC(N)CC3)cc2)cc1=O. The molecule has 1 aromatic heterocycles. The van der Waals surface area contributed by atoms with Crippen molar-refractivity contribution in [3.8, 4) is 11.1 Å². The number of aryl methyl sites for hydroxylation is 1. The van der Waals surface area contributed by atoms with Crippen molar-refractivity contribution in [2.75, 3.05) is 4.90 Å². The van der Waals surface area contributed by atoms with Crippen molar-refractivity contribution in [1.82, 2.24) is 9.88 Å². The molecule has 1 aliphatic rings. The Kier molecular flexibility index (Phi) is 8.31. The smallest absolute Gasteiger partial charge is 0.322 e. The van der Waals surface area contributed by atoms with Crippen LogP contribution in [0.2, 0.25) is 0 Å². The van der Waals surface area contributed by atoms with Crippen molar-refractivity contribution in [2.45, 2.75) is 44.3 Å². The maximum Gasteiger partial charge on any atom is 0.322 e. The summed E-state index contributed by atoms with van der Waals surface area (Å²) >= 11 is 0. The lowest BCUT2D eigenvalue weighted by molar-refractivity contribution is 0.240. The molecule has 0 aliphatic heterocycles. The van der Waals surface area contributed by atoms with Gasteiger partial charge in [-0.2, -0.15) is 0 Å². The Bertz CT molecular complexity index is 1110. The molecule has 0 saturated heterocycles. The summed E-state index contributed by atoms with van der Waals surface area (Å²) in [4.78, 5) is 27.1. The first-order valence-corrected chi connectivity index (χ1v) is 11.1. The third-order valence-electron chi connectivity index (χ3n) is 6.19. The van der Waals surface area contributed by atoms with Crippen molar-refractivity contribution in [3.63, 3.8) is 0 Å². The summed E-state index contributed by atoms with van der Waals surface area (Å²) in [6, 6.07) is 21.5. The molecule has 1 fully saturated rings. The van der Waals surface area contributed by atoms with Crippen LogP contribution in [-0.4, -0.2) is 22.7 Å². The number of nitrogens with two attached hydrogens (primary N) is 1. The van der Waals surface area contributed by atoms with Gasteiger partial charge in [0, 0.05) is 43.6 Å². The van der Waals surface area contributed by atoms with E-state index >= 15 is 0 Å². The zero-order valence-corrected chi connectivity index (χ0v) is 19.6. The van der Waals surface area contributed by atoms with Gasteiger partial charge in [-0.3, -0.25) is 9.69 Å². The fraction of sp³-hybridized carbons (Fsp3) is 0.308. The monoisotopic (exact) mass is 466 g/mol. The van der Waals surface area contributed by atoms with Gasteiger partial charge in [-0.15, -0.1) is 12.4 Å². The molecule has 0 bridgehead atoms. The molecule has 7 heteroatoms. The second-order valence-corrected chi connectivity index (χ2v) is 8.49. The number of hydrogen-bond donors (Lipinski definition) is 2. The van der Waals surface area contributed by atoms with Gasteiger partial charge in [0.1, 0.15) is 0 Å². The molecule has 3 N–H and O–H groups in total.